The number of benzene rings is 2. The first-order valence-electron chi connectivity index (χ1n) is 8.06. The van der Waals surface area contributed by atoms with Crippen molar-refractivity contribution < 1.29 is 19.4 Å². The molecular weight excluding hydrogens is 320 g/mol. The second-order valence-corrected chi connectivity index (χ2v) is 5.68. The first kappa shape index (κ1) is 18.5. The minimum absolute atomic E-state index is 0.0704. The highest BCUT2D eigenvalue weighted by atomic mass is 16.5. The van der Waals surface area contributed by atoms with Crippen molar-refractivity contribution >= 4 is 17.6 Å². The molecule has 25 heavy (non-hydrogen) atoms. The van der Waals surface area contributed by atoms with Gasteiger partial charge in [-0.2, -0.15) is 0 Å². The number of amides is 1. The van der Waals surface area contributed by atoms with E-state index in [-0.39, 0.29) is 12.3 Å². The van der Waals surface area contributed by atoms with Crippen LogP contribution in [0, 0.1) is 0 Å². The van der Waals surface area contributed by atoms with Crippen molar-refractivity contribution in [3.8, 4) is 11.5 Å². The van der Waals surface area contributed by atoms with Gasteiger partial charge in [0.15, 0.2) is 0 Å². The van der Waals surface area contributed by atoms with Crippen molar-refractivity contribution in [2.24, 2.45) is 0 Å². The van der Waals surface area contributed by atoms with Crippen molar-refractivity contribution in [3.63, 3.8) is 0 Å². The van der Waals surface area contributed by atoms with Gasteiger partial charge in [0.1, 0.15) is 11.5 Å². The Balaban J connectivity index is 1.76. The summed E-state index contributed by atoms with van der Waals surface area (Å²) in [5.41, 5.74) is 0.693. The molecule has 0 aliphatic carbocycles. The number of rotatable bonds is 9. The Bertz CT molecular complexity index is 686. The van der Waals surface area contributed by atoms with Crippen LogP contribution in [0.1, 0.15) is 12.8 Å². The first-order valence-corrected chi connectivity index (χ1v) is 8.06. The topological polar surface area (TPSA) is 78.9 Å². The van der Waals surface area contributed by atoms with Crippen LogP contribution in [0.2, 0.25) is 0 Å². The highest BCUT2D eigenvalue weighted by Gasteiger charge is 2.07. The summed E-state index contributed by atoms with van der Waals surface area (Å²) in [4.78, 5) is 24.3. The molecule has 0 aliphatic heterocycles. The second-order valence-electron chi connectivity index (χ2n) is 5.68. The molecule has 6 nitrogen and oxygen atoms in total. The number of nitrogens with one attached hydrogen (secondary N) is 1. The Labute approximate surface area is 147 Å². The monoisotopic (exact) mass is 342 g/mol. The molecule has 0 aromatic heterocycles. The molecule has 0 fully saturated rings. The zero-order chi connectivity index (χ0) is 18.1. The number of anilines is 1. The number of carboxylic acid groups (broad SMARTS) is 1. The fourth-order valence-electron chi connectivity index (χ4n) is 2.15. The van der Waals surface area contributed by atoms with E-state index in [4.69, 9.17) is 9.84 Å². The van der Waals surface area contributed by atoms with Gasteiger partial charge in [-0.15, -0.1) is 0 Å². The number of carboxylic acids is 1. The molecule has 6 heteroatoms. The first-order chi connectivity index (χ1) is 12.0. The summed E-state index contributed by atoms with van der Waals surface area (Å²) in [6, 6.07) is 16.6. The number of carbonyl (C=O) groups is 2. The van der Waals surface area contributed by atoms with E-state index in [0.29, 0.717) is 30.9 Å². The van der Waals surface area contributed by atoms with E-state index in [9.17, 15) is 9.59 Å². The number of nitrogens with zero attached hydrogens (tertiary/aromatic N) is 1. The van der Waals surface area contributed by atoms with E-state index in [1.54, 1.807) is 31.3 Å². The lowest BCUT2D eigenvalue weighted by Gasteiger charge is -2.15. The molecule has 2 N–H and O–H groups in total. The molecule has 132 valence electrons. The summed E-state index contributed by atoms with van der Waals surface area (Å²) >= 11 is 0. The van der Waals surface area contributed by atoms with Gasteiger partial charge in [-0.05, 0) is 43.4 Å². The third kappa shape index (κ3) is 7.05. The Morgan fingerprint density at radius 2 is 1.56 bits per heavy atom. The van der Waals surface area contributed by atoms with E-state index in [1.165, 1.54) is 0 Å². The molecule has 0 spiro atoms. The third-order valence-corrected chi connectivity index (χ3v) is 3.54. The lowest BCUT2D eigenvalue weighted by Crippen LogP contribution is -2.26. The molecule has 0 saturated carbocycles. The number of hydrogen-bond donors (Lipinski definition) is 2. The maximum absolute atomic E-state index is 11.9. The number of aliphatic carboxylic acids is 1. The van der Waals surface area contributed by atoms with E-state index in [1.807, 2.05) is 35.2 Å². The lowest BCUT2D eigenvalue weighted by molar-refractivity contribution is -0.137. The predicted octanol–water partition coefficient (Wildman–Crippen LogP) is 3.21. The normalized spacial score (nSPS) is 10.5. The van der Waals surface area contributed by atoms with Crippen LogP contribution in [0.25, 0.3) is 0 Å². The van der Waals surface area contributed by atoms with Crippen LogP contribution in [-0.4, -0.2) is 42.0 Å². The molecule has 0 heterocycles. The number of para-hydroxylation sites is 1. The quantitative estimate of drug-likeness (QED) is 0.731. The highest BCUT2D eigenvalue weighted by molar-refractivity contribution is 5.90. The van der Waals surface area contributed by atoms with E-state index >= 15 is 0 Å². The Morgan fingerprint density at radius 3 is 2.20 bits per heavy atom. The zero-order valence-corrected chi connectivity index (χ0v) is 14.1. The van der Waals surface area contributed by atoms with Gasteiger partial charge >= 0.3 is 5.97 Å². The van der Waals surface area contributed by atoms with Crippen LogP contribution in [-0.2, 0) is 9.59 Å². The number of ether oxygens (including phenoxy) is 1. The van der Waals surface area contributed by atoms with Gasteiger partial charge in [0.25, 0.3) is 0 Å². The summed E-state index contributed by atoms with van der Waals surface area (Å²) in [5.74, 6) is 0.495. The standard InChI is InChI=1S/C19H22N2O4/c1-21(14-12-19(23)24)13-11-18(22)20-15-7-9-17(10-8-15)25-16-5-3-2-4-6-16/h2-10H,11-14H2,1H3,(H,20,22)(H,23,24). The van der Waals surface area contributed by atoms with Crippen LogP contribution >= 0.6 is 0 Å². The van der Waals surface area contributed by atoms with Crippen LogP contribution in [0.5, 0.6) is 11.5 Å². The van der Waals surface area contributed by atoms with Crippen LogP contribution in [0.3, 0.4) is 0 Å². The average Bonchev–Trinajstić information content (AvgIpc) is 2.61. The maximum Gasteiger partial charge on any atom is 0.304 e. The van der Waals surface area contributed by atoms with Gasteiger partial charge < -0.3 is 20.1 Å². The summed E-state index contributed by atoms with van der Waals surface area (Å²) < 4.78 is 5.70. The van der Waals surface area contributed by atoms with Gasteiger partial charge in [0.2, 0.25) is 5.91 Å². The van der Waals surface area contributed by atoms with Crippen LogP contribution < -0.4 is 10.1 Å². The predicted molar refractivity (Wildman–Crippen MR) is 96.0 cm³/mol. The summed E-state index contributed by atoms with van der Waals surface area (Å²) in [5, 5.41) is 11.4. The molecule has 2 rings (SSSR count). The second kappa shape index (κ2) is 9.44. The minimum Gasteiger partial charge on any atom is -0.481 e. The van der Waals surface area contributed by atoms with Crippen molar-refractivity contribution in [2.75, 3.05) is 25.5 Å². The van der Waals surface area contributed by atoms with Crippen molar-refractivity contribution in [3.05, 3.63) is 54.6 Å². The lowest BCUT2D eigenvalue weighted by atomic mass is 10.2. The SMILES string of the molecule is CN(CCC(=O)O)CCC(=O)Nc1ccc(Oc2ccccc2)cc1. The van der Waals surface area contributed by atoms with Crippen LogP contribution in [0.4, 0.5) is 5.69 Å². The Hall–Kier alpha value is -2.86. The Morgan fingerprint density at radius 1 is 0.960 bits per heavy atom. The molecule has 0 unspecified atom stereocenters. The van der Waals surface area contributed by atoms with E-state index in [2.05, 4.69) is 5.32 Å². The van der Waals surface area contributed by atoms with Crippen molar-refractivity contribution in [1.82, 2.24) is 4.90 Å². The molecule has 2 aromatic rings. The maximum atomic E-state index is 11.9. The third-order valence-electron chi connectivity index (χ3n) is 3.54. The number of hydrogen-bond acceptors (Lipinski definition) is 4. The van der Waals surface area contributed by atoms with Crippen molar-refractivity contribution in [2.45, 2.75) is 12.8 Å². The van der Waals surface area contributed by atoms with E-state index in [0.717, 1.165) is 5.75 Å². The van der Waals surface area contributed by atoms with E-state index < -0.39 is 5.97 Å². The molecule has 1 amide bonds. The van der Waals surface area contributed by atoms with Crippen LogP contribution in [0.15, 0.2) is 54.6 Å². The highest BCUT2D eigenvalue weighted by Crippen LogP contribution is 2.22. The molecule has 0 bridgehead atoms. The molecule has 0 saturated heterocycles. The molecule has 2 aromatic carbocycles. The van der Waals surface area contributed by atoms with Gasteiger partial charge in [0.05, 0.1) is 6.42 Å². The minimum atomic E-state index is -0.839. The average molecular weight is 342 g/mol. The van der Waals surface area contributed by atoms with Gasteiger partial charge in [0, 0.05) is 25.2 Å². The molecular formula is C19H22N2O4. The fourth-order valence-corrected chi connectivity index (χ4v) is 2.15. The fraction of sp³-hybridized carbons (Fsp3) is 0.263. The molecule has 0 aliphatic rings. The zero-order valence-electron chi connectivity index (χ0n) is 14.1. The largest absolute Gasteiger partial charge is 0.481 e. The summed E-state index contributed by atoms with van der Waals surface area (Å²) in [6.07, 6.45) is 0.374. The Kier molecular flexibility index (Phi) is 6.98. The van der Waals surface area contributed by atoms with Gasteiger partial charge in [-0.1, -0.05) is 18.2 Å². The summed E-state index contributed by atoms with van der Waals surface area (Å²) in [6.45, 7) is 0.933. The van der Waals surface area contributed by atoms with Crippen molar-refractivity contribution in [1.29, 1.82) is 0 Å². The molecule has 0 atom stereocenters. The van der Waals surface area contributed by atoms with Gasteiger partial charge in [-0.3, -0.25) is 9.59 Å². The molecule has 0 radical (unpaired) electrons. The number of carbonyl (C=O) groups excluding carboxylic acids is 1. The summed E-state index contributed by atoms with van der Waals surface area (Å²) in [7, 11) is 1.80. The smallest absolute Gasteiger partial charge is 0.304 e. The van der Waals surface area contributed by atoms with Gasteiger partial charge in [-0.25, -0.2) is 0 Å².